The number of hydrogen-bond donors (Lipinski definition) is 1. The summed E-state index contributed by atoms with van der Waals surface area (Å²) in [5.74, 6) is 0.868. The summed E-state index contributed by atoms with van der Waals surface area (Å²) in [6.07, 6.45) is 9.73. The minimum absolute atomic E-state index is 0.0155. The molecule has 0 aromatic carbocycles. The fourth-order valence-corrected chi connectivity index (χ4v) is 3.45. The van der Waals surface area contributed by atoms with Crippen LogP contribution in [-0.2, 0) is 11.8 Å². The van der Waals surface area contributed by atoms with E-state index in [2.05, 4.69) is 10.4 Å². The molecule has 5 heteroatoms. The van der Waals surface area contributed by atoms with E-state index in [0.29, 0.717) is 12.0 Å². The van der Waals surface area contributed by atoms with Gasteiger partial charge in [0.2, 0.25) is 5.91 Å². The van der Waals surface area contributed by atoms with E-state index in [1.165, 1.54) is 25.7 Å². The van der Waals surface area contributed by atoms with Gasteiger partial charge in [0.15, 0.2) is 0 Å². The molecule has 19 heavy (non-hydrogen) atoms. The van der Waals surface area contributed by atoms with Gasteiger partial charge in [0.25, 0.3) is 0 Å². The Balaban J connectivity index is 1.67. The Morgan fingerprint density at radius 1 is 1.47 bits per heavy atom. The first kappa shape index (κ1) is 12.7. The number of nitrogens with one attached hydrogen (secondary N) is 1. The van der Waals surface area contributed by atoms with E-state index in [1.807, 2.05) is 20.3 Å². The number of anilines is 1. The predicted molar refractivity (Wildman–Crippen MR) is 73.9 cm³/mol. The van der Waals surface area contributed by atoms with Crippen LogP contribution in [0.4, 0.5) is 5.69 Å². The van der Waals surface area contributed by atoms with Crippen LogP contribution < -0.4 is 10.2 Å². The summed E-state index contributed by atoms with van der Waals surface area (Å²) in [7, 11) is 3.70. The standard InChI is InChI=1S/C14H22N4O/c1-17-9-11(8-15-17)18(2)14(19)13-7-10-5-3-4-6-12(10)16-13/h8-10,12-13,16H,3-7H2,1-2H3. The Morgan fingerprint density at radius 2 is 2.26 bits per heavy atom. The first-order chi connectivity index (χ1) is 9.15. The highest BCUT2D eigenvalue weighted by Gasteiger charge is 2.39. The molecule has 1 amide bonds. The van der Waals surface area contributed by atoms with Gasteiger partial charge in [0.1, 0.15) is 0 Å². The van der Waals surface area contributed by atoms with E-state index in [4.69, 9.17) is 0 Å². The molecule has 1 aliphatic carbocycles. The molecule has 2 fully saturated rings. The van der Waals surface area contributed by atoms with Crippen molar-refractivity contribution >= 4 is 11.6 Å². The molecule has 3 unspecified atom stereocenters. The molecule has 1 aliphatic heterocycles. The van der Waals surface area contributed by atoms with E-state index in [0.717, 1.165) is 12.1 Å². The van der Waals surface area contributed by atoms with Crippen LogP contribution in [0.5, 0.6) is 0 Å². The molecule has 2 heterocycles. The lowest BCUT2D eigenvalue weighted by atomic mass is 9.85. The second kappa shape index (κ2) is 4.96. The summed E-state index contributed by atoms with van der Waals surface area (Å²) in [5.41, 5.74) is 0.865. The SMILES string of the molecule is CN(C(=O)C1CC2CCCCC2N1)c1cnn(C)c1. The normalized spacial score (nSPS) is 30.1. The fraction of sp³-hybridized carbons (Fsp3) is 0.714. The Bertz CT molecular complexity index is 456. The average molecular weight is 262 g/mol. The van der Waals surface area contributed by atoms with Gasteiger partial charge in [0, 0.05) is 26.3 Å². The highest BCUT2D eigenvalue weighted by atomic mass is 16.2. The number of rotatable bonds is 2. The van der Waals surface area contributed by atoms with Gasteiger partial charge in [-0.3, -0.25) is 9.48 Å². The number of likely N-dealkylation sites (N-methyl/N-ethyl adjacent to an activating group) is 1. The minimum Gasteiger partial charge on any atom is -0.311 e. The second-order valence-corrected chi connectivity index (χ2v) is 5.88. The van der Waals surface area contributed by atoms with Crippen molar-refractivity contribution in [3.63, 3.8) is 0 Å². The van der Waals surface area contributed by atoms with Crippen LogP contribution in [0.2, 0.25) is 0 Å². The van der Waals surface area contributed by atoms with Crippen molar-refractivity contribution in [2.45, 2.75) is 44.2 Å². The van der Waals surface area contributed by atoms with Crippen molar-refractivity contribution in [3.05, 3.63) is 12.4 Å². The first-order valence-corrected chi connectivity index (χ1v) is 7.17. The molecule has 3 rings (SSSR count). The van der Waals surface area contributed by atoms with Crippen molar-refractivity contribution in [1.29, 1.82) is 0 Å². The number of nitrogens with zero attached hydrogens (tertiary/aromatic N) is 3. The lowest BCUT2D eigenvalue weighted by Crippen LogP contribution is -2.44. The van der Waals surface area contributed by atoms with Crippen molar-refractivity contribution in [2.24, 2.45) is 13.0 Å². The molecule has 0 bridgehead atoms. The number of carbonyl (C=O) groups is 1. The van der Waals surface area contributed by atoms with E-state index >= 15 is 0 Å². The molecule has 1 saturated carbocycles. The molecule has 5 nitrogen and oxygen atoms in total. The van der Waals surface area contributed by atoms with Crippen molar-refractivity contribution in [2.75, 3.05) is 11.9 Å². The third kappa shape index (κ3) is 2.39. The molecule has 3 atom stereocenters. The molecule has 0 radical (unpaired) electrons. The zero-order valence-electron chi connectivity index (χ0n) is 11.7. The summed E-state index contributed by atoms with van der Waals surface area (Å²) >= 11 is 0. The third-order valence-corrected chi connectivity index (χ3v) is 4.57. The number of aryl methyl sites for hydroxylation is 1. The Morgan fingerprint density at radius 3 is 2.95 bits per heavy atom. The monoisotopic (exact) mass is 262 g/mol. The predicted octanol–water partition coefficient (Wildman–Crippen LogP) is 1.30. The fourth-order valence-electron chi connectivity index (χ4n) is 3.45. The molecule has 1 aromatic rings. The number of fused-ring (bicyclic) bond motifs is 1. The Hall–Kier alpha value is -1.36. The molecule has 0 spiro atoms. The minimum atomic E-state index is -0.0155. The van der Waals surface area contributed by atoms with Gasteiger partial charge in [-0.15, -0.1) is 0 Å². The molecule has 1 aromatic heterocycles. The molecule has 104 valence electrons. The highest BCUT2D eigenvalue weighted by Crippen LogP contribution is 2.33. The number of aromatic nitrogens is 2. The molecule has 1 saturated heterocycles. The van der Waals surface area contributed by atoms with Crippen LogP contribution in [0.15, 0.2) is 12.4 Å². The zero-order chi connectivity index (χ0) is 13.4. The van der Waals surface area contributed by atoms with Crippen LogP contribution >= 0.6 is 0 Å². The number of carbonyl (C=O) groups excluding carboxylic acids is 1. The van der Waals surface area contributed by atoms with Gasteiger partial charge in [-0.25, -0.2) is 0 Å². The smallest absolute Gasteiger partial charge is 0.243 e. The van der Waals surface area contributed by atoms with Gasteiger partial charge >= 0.3 is 0 Å². The molecule has 1 N–H and O–H groups in total. The van der Waals surface area contributed by atoms with Crippen LogP contribution in [0.25, 0.3) is 0 Å². The number of amides is 1. The van der Waals surface area contributed by atoms with Crippen LogP contribution in [-0.4, -0.2) is 34.8 Å². The average Bonchev–Trinajstić information content (AvgIpc) is 3.02. The Kier molecular flexibility index (Phi) is 3.31. The third-order valence-electron chi connectivity index (χ3n) is 4.57. The lowest BCUT2D eigenvalue weighted by molar-refractivity contribution is -0.120. The van der Waals surface area contributed by atoms with Gasteiger partial charge in [0.05, 0.1) is 17.9 Å². The van der Waals surface area contributed by atoms with Crippen molar-refractivity contribution in [1.82, 2.24) is 15.1 Å². The largest absolute Gasteiger partial charge is 0.311 e. The van der Waals surface area contributed by atoms with E-state index in [-0.39, 0.29) is 11.9 Å². The maximum atomic E-state index is 12.5. The van der Waals surface area contributed by atoms with E-state index in [1.54, 1.807) is 15.8 Å². The molecule has 2 aliphatic rings. The topological polar surface area (TPSA) is 50.2 Å². The van der Waals surface area contributed by atoms with Crippen LogP contribution in [0.1, 0.15) is 32.1 Å². The summed E-state index contributed by atoms with van der Waals surface area (Å²) in [5, 5.41) is 7.65. The second-order valence-electron chi connectivity index (χ2n) is 5.88. The first-order valence-electron chi connectivity index (χ1n) is 7.17. The summed E-state index contributed by atoms with van der Waals surface area (Å²) in [6.45, 7) is 0. The zero-order valence-corrected chi connectivity index (χ0v) is 11.7. The molecular formula is C14H22N4O. The summed E-state index contributed by atoms with van der Waals surface area (Å²) < 4.78 is 1.72. The van der Waals surface area contributed by atoms with Gasteiger partial charge < -0.3 is 10.2 Å². The highest BCUT2D eigenvalue weighted by molar-refractivity contribution is 5.96. The van der Waals surface area contributed by atoms with E-state index < -0.39 is 0 Å². The maximum absolute atomic E-state index is 12.5. The molecular weight excluding hydrogens is 240 g/mol. The van der Waals surface area contributed by atoms with Crippen LogP contribution in [0, 0.1) is 5.92 Å². The van der Waals surface area contributed by atoms with Crippen molar-refractivity contribution in [3.8, 4) is 0 Å². The number of hydrogen-bond acceptors (Lipinski definition) is 3. The van der Waals surface area contributed by atoms with Gasteiger partial charge in [-0.05, 0) is 25.2 Å². The Labute approximate surface area is 114 Å². The van der Waals surface area contributed by atoms with Gasteiger partial charge in [-0.1, -0.05) is 12.8 Å². The lowest BCUT2D eigenvalue weighted by Gasteiger charge is -2.24. The quantitative estimate of drug-likeness (QED) is 0.874. The van der Waals surface area contributed by atoms with E-state index in [9.17, 15) is 4.79 Å². The summed E-state index contributed by atoms with van der Waals surface area (Å²) in [4.78, 5) is 14.2. The van der Waals surface area contributed by atoms with Gasteiger partial charge in [-0.2, -0.15) is 5.10 Å². The van der Waals surface area contributed by atoms with Crippen LogP contribution in [0.3, 0.4) is 0 Å². The maximum Gasteiger partial charge on any atom is 0.243 e. The summed E-state index contributed by atoms with van der Waals surface area (Å²) in [6, 6.07) is 0.545. The van der Waals surface area contributed by atoms with Crippen molar-refractivity contribution < 1.29 is 4.79 Å².